The van der Waals surface area contributed by atoms with E-state index >= 15 is 0 Å². The largest absolute Gasteiger partial charge is 0.490 e. The predicted molar refractivity (Wildman–Crippen MR) is 62.4 cm³/mol. The second-order valence-corrected chi connectivity index (χ2v) is 5.08. The topological polar surface area (TPSA) is 34.1 Å². The zero-order valence-corrected chi connectivity index (χ0v) is 9.48. The van der Waals surface area contributed by atoms with Crippen molar-refractivity contribution in [2.45, 2.75) is 31.2 Å². The first-order valence-electron chi connectivity index (χ1n) is 6.14. The Morgan fingerprint density at radius 1 is 1.44 bits per heavy atom. The molecule has 0 aromatic carbocycles. The normalized spacial score (nSPS) is 32.6. The summed E-state index contributed by atoms with van der Waals surface area (Å²) in [5.74, 6) is 1.80. The number of fused-ring (bicyclic) bond motifs is 3. The van der Waals surface area contributed by atoms with E-state index in [9.17, 15) is 0 Å². The van der Waals surface area contributed by atoms with Gasteiger partial charge in [-0.3, -0.25) is 4.98 Å². The molecule has 3 fully saturated rings. The summed E-state index contributed by atoms with van der Waals surface area (Å²) in [6, 6.07) is 3.89. The van der Waals surface area contributed by atoms with Crippen LogP contribution in [0.3, 0.4) is 0 Å². The van der Waals surface area contributed by atoms with E-state index in [1.807, 2.05) is 12.1 Å². The average Bonchev–Trinajstić information content (AvgIpc) is 2.40. The van der Waals surface area contributed by atoms with E-state index in [-0.39, 0.29) is 5.54 Å². The van der Waals surface area contributed by atoms with Crippen LogP contribution in [0.25, 0.3) is 0 Å². The molecule has 3 aliphatic rings. The molecule has 3 nitrogen and oxygen atoms in total. The van der Waals surface area contributed by atoms with E-state index in [1.165, 1.54) is 32.2 Å². The summed E-state index contributed by atoms with van der Waals surface area (Å²) < 4.78 is 5.84. The van der Waals surface area contributed by atoms with Crippen LogP contribution in [0.15, 0.2) is 24.5 Å². The van der Waals surface area contributed by atoms with Crippen LogP contribution in [0.1, 0.15) is 25.7 Å². The van der Waals surface area contributed by atoms with Crippen molar-refractivity contribution < 1.29 is 4.74 Å². The van der Waals surface area contributed by atoms with Gasteiger partial charge < -0.3 is 10.1 Å². The minimum Gasteiger partial charge on any atom is -0.490 e. The van der Waals surface area contributed by atoms with Gasteiger partial charge in [-0.15, -0.1) is 0 Å². The number of nitrogens with one attached hydrogen (secondary N) is 1. The van der Waals surface area contributed by atoms with Gasteiger partial charge in [-0.1, -0.05) is 0 Å². The third-order valence-corrected chi connectivity index (χ3v) is 3.98. The lowest BCUT2D eigenvalue weighted by molar-refractivity contribution is 0.0682. The molecule has 4 rings (SSSR count). The highest BCUT2D eigenvalue weighted by molar-refractivity contribution is 5.16. The van der Waals surface area contributed by atoms with Crippen molar-refractivity contribution in [3.8, 4) is 5.75 Å². The second kappa shape index (κ2) is 4.06. The number of hydrogen-bond acceptors (Lipinski definition) is 3. The Hall–Kier alpha value is -1.09. The van der Waals surface area contributed by atoms with Crippen LogP contribution >= 0.6 is 0 Å². The number of rotatable bonds is 3. The highest BCUT2D eigenvalue weighted by Gasteiger charge is 2.40. The smallest absolute Gasteiger partial charge is 0.137 e. The first-order valence-corrected chi connectivity index (χ1v) is 6.14. The zero-order chi connectivity index (χ0) is 10.8. The van der Waals surface area contributed by atoms with Crippen LogP contribution in [-0.2, 0) is 0 Å². The summed E-state index contributed by atoms with van der Waals surface area (Å²) in [6.45, 7) is 1.96. The molecule has 16 heavy (non-hydrogen) atoms. The fourth-order valence-electron chi connectivity index (χ4n) is 2.82. The monoisotopic (exact) mass is 218 g/mol. The van der Waals surface area contributed by atoms with Crippen molar-refractivity contribution in [3.05, 3.63) is 24.5 Å². The lowest BCUT2D eigenvalue weighted by atomic mass is 9.72. The van der Waals surface area contributed by atoms with Gasteiger partial charge in [0.25, 0.3) is 0 Å². The second-order valence-electron chi connectivity index (χ2n) is 5.08. The summed E-state index contributed by atoms with van der Waals surface area (Å²) >= 11 is 0. The molecule has 1 aromatic rings. The molecule has 0 amide bonds. The van der Waals surface area contributed by atoms with Crippen molar-refractivity contribution in [3.63, 3.8) is 0 Å². The van der Waals surface area contributed by atoms with Crippen molar-refractivity contribution in [1.29, 1.82) is 0 Å². The van der Waals surface area contributed by atoms with E-state index < -0.39 is 0 Å². The van der Waals surface area contributed by atoms with Crippen molar-refractivity contribution >= 4 is 0 Å². The molecular formula is C13H18N2O. The first-order chi connectivity index (χ1) is 7.86. The number of nitrogens with zero attached hydrogens (tertiary/aromatic N) is 1. The Bertz CT molecular complexity index is 330. The van der Waals surface area contributed by atoms with Gasteiger partial charge in [0.2, 0.25) is 0 Å². The number of piperidine rings is 2. The average molecular weight is 218 g/mol. The molecule has 1 saturated carbocycles. The summed E-state index contributed by atoms with van der Waals surface area (Å²) in [5, 5.41) is 3.66. The molecule has 2 bridgehead atoms. The number of pyridine rings is 1. The molecular weight excluding hydrogens is 200 g/mol. The van der Waals surface area contributed by atoms with E-state index in [2.05, 4.69) is 10.3 Å². The molecule has 0 spiro atoms. The molecule has 3 heterocycles. The molecule has 2 aliphatic heterocycles. The van der Waals surface area contributed by atoms with Crippen molar-refractivity contribution in [1.82, 2.24) is 10.3 Å². The fraction of sp³-hybridized carbons (Fsp3) is 0.615. The van der Waals surface area contributed by atoms with E-state index in [0.29, 0.717) is 0 Å². The van der Waals surface area contributed by atoms with Crippen LogP contribution in [0.4, 0.5) is 0 Å². The van der Waals surface area contributed by atoms with Crippen LogP contribution < -0.4 is 10.1 Å². The third kappa shape index (κ3) is 1.92. The SMILES string of the molecule is c1cncc(OCC23CCC(CC2)CN3)c1. The highest BCUT2D eigenvalue weighted by atomic mass is 16.5. The van der Waals surface area contributed by atoms with Gasteiger partial charge in [0.1, 0.15) is 12.4 Å². The Morgan fingerprint density at radius 3 is 2.94 bits per heavy atom. The van der Waals surface area contributed by atoms with E-state index in [4.69, 9.17) is 4.74 Å². The quantitative estimate of drug-likeness (QED) is 0.842. The maximum absolute atomic E-state index is 5.84. The lowest BCUT2D eigenvalue weighted by Gasteiger charge is -2.47. The van der Waals surface area contributed by atoms with Crippen LogP contribution in [0.2, 0.25) is 0 Å². The molecule has 1 aromatic heterocycles. The van der Waals surface area contributed by atoms with Gasteiger partial charge >= 0.3 is 0 Å². The van der Waals surface area contributed by atoms with Gasteiger partial charge in [-0.05, 0) is 50.3 Å². The molecule has 1 N–H and O–H groups in total. The van der Waals surface area contributed by atoms with Gasteiger partial charge in [0.05, 0.1) is 11.7 Å². The number of hydrogen-bond donors (Lipinski definition) is 1. The molecule has 1 aliphatic carbocycles. The standard InChI is InChI=1S/C13H18N2O/c1-2-12(9-14-7-1)16-10-13-5-3-11(4-6-13)8-15-13/h1-2,7,9,11,15H,3-6,8,10H2. The van der Waals surface area contributed by atoms with Crippen LogP contribution in [0, 0.1) is 5.92 Å². The van der Waals surface area contributed by atoms with Gasteiger partial charge in [-0.25, -0.2) is 0 Å². The Labute approximate surface area is 96.2 Å². The van der Waals surface area contributed by atoms with Gasteiger partial charge in [-0.2, -0.15) is 0 Å². The summed E-state index contributed by atoms with van der Waals surface area (Å²) in [5.41, 5.74) is 0.241. The van der Waals surface area contributed by atoms with Crippen molar-refractivity contribution in [2.75, 3.05) is 13.2 Å². The molecule has 86 valence electrons. The summed E-state index contributed by atoms with van der Waals surface area (Å²) in [4.78, 5) is 4.06. The first kappa shape index (κ1) is 10.1. The molecule has 0 radical (unpaired) electrons. The minimum absolute atomic E-state index is 0.241. The maximum Gasteiger partial charge on any atom is 0.137 e. The minimum atomic E-state index is 0.241. The zero-order valence-electron chi connectivity index (χ0n) is 9.48. The number of aromatic nitrogens is 1. The van der Waals surface area contributed by atoms with Crippen molar-refractivity contribution in [2.24, 2.45) is 5.92 Å². The molecule has 0 atom stereocenters. The van der Waals surface area contributed by atoms with Crippen LogP contribution in [0.5, 0.6) is 5.75 Å². The molecule has 3 heteroatoms. The Morgan fingerprint density at radius 2 is 2.31 bits per heavy atom. The fourth-order valence-corrected chi connectivity index (χ4v) is 2.82. The Balaban J connectivity index is 1.62. The van der Waals surface area contributed by atoms with Gasteiger partial charge in [0, 0.05) is 6.20 Å². The van der Waals surface area contributed by atoms with Gasteiger partial charge in [0.15, 0.2) is 0 Å². The lowest BCUT2D eigenvalue weighted by Crippen LogP contribution is -2.58. The third-order valence-electron chi connectivity index (χ3n) is 3.98. The Kier molecular flexibility index (Phi) is 2.56. The number of ether oxygens (including phenoxy) is 1. The van der Waals surface area contributed by atoms with Crippen LogP contribution in [-0.4, -0.2) is 23.7 Å². The molecule has 2 saturated heterocycles. The predicted octanol–water partition coefficient (Wildman–Crippen LogP) is 1.99. The van der Waals surface area contributed by atoms with E-state index in [0.717, 1.165) is 18.3 Å². The summed E-state index contributed by atoms with van der Waals surface area (Å²) in [6.07, 6.45) is 8.81. The van der Waals surface area contributed by atoms with E-state index in [1.54, 1.807) is 12.4 Å². The maximum atomic E-state index is 5.84. The highest BCUT2D eigenvalue weighted by Crippen LogP contribution is 2.37. The molecule has 0 unspecified atom stereocenters. The summed E-state index contributed by atoms with van der Waals surface area (Å²) in [7, 11) is 0.